The third-order valence-electron chi connectivity index (χ3n) is 3.21. The second-order valence-electron chi connectivity index (χ2n) is 5.49. The number of carbonyl (C=O) groups excluding carboxylic acids is 3. The number of hydrogen-bond acceptors (Lipinski definition) is 6. The van der Waals surface area contributed by atoms with Crippen molar-refractivity contribution >= 4 is 24.0 Å². The lowest BCUT2D eigenvalue weighted by atomic mass is 10.2. The molecule has 0 spiro atoms. The monoisotopic (exact) mass is 486 g/mol. The van der Waals surface area contributed by atoms with Gasteiger partial charge >= 0.3 is 42.1 Å². The van der Waals surface area contributed by atoms with Gasteiger partial charge in [0.25, 0.3) is 0 Å². The van der Waals surface area contributed by atoms with Gasteiger partial charge in [-0.1, -0.05) is 6.07 Å². The number of ether oxygens (including phenoxy) is 3. The lowest BCUT2D eigenvalue weighted by Gasteiger charge is -2.20. The van der Waals surface area contributed by atoms with Crippen LogP contribution in [0.1, 0.15) is 5.56 Å². The number of rotatable bonds is 6. The molecule has 0 saturated carbocycles. The molecule has 0 aliphatic rings. The number of benzene rings is 1. The Morgan fingerprint density at radius 3 is 1.59 bits per heavy atom. The molecular weight excluding hydrogens is 478 g/mol. The highest BCUT2D eigenvalue weighted by atomic mass is 19.4. The Labute approximate surface area is 170 Å². The van der Waals surface area contributed by atoms with Crippen LogP contribution in [0.5, 0.6) is 11.5 Å². The summed E-state index contributed by atoms with van der Waals surface area (Å²) in [4.78, 5) is 33.5. The summed E-state index contributed by atoms with van der Waals surface area (Å²) in [6, 6.07) is 1.39. The fourth-order valence-corrected chi connectivity index (χ4v) is 1.58. The van der Waals surface area contributed by atoms with Crippen LogP contribution in [0.25, 0.3) is 6.08 Å². The van der Waals surface area contributed by atoms with Crippen LogP contribution >= 0.6 is 0 Å². The average molecular weight is 486 g/mol. The lowest BCUT2D eigenvalue weighted by Crippen LogP contribution is -2.47. The summed E-state index contributed by atoms with van der Waals surface area (Å²) < 4.78 is 138. The van der Waals surface area contributed by atoms with Gasteiger partial charge in [0.1, 0.15) is 0 Å². The Hall–Kier alpha value is -3.33. The predicted molar refractivity (Wildman–Crippen MR) is 80.8 cm³/mol. The van der Waals surface area contributed by atoms with Gasteiger partial charge in [-0.05, 0) is 23.8 Å². The highest BCUT2D eigenvalue weighted by Crippen LogP contribution is 2.40. The number of carbonyl (C=O) groups is 3. The minimum atomic E-state index is -6.47. The zero-order chi connectivity index (χ0) is 25.1. The van der Waals surface area contributed by atoms with Crippen molar-refractivity contribution in [1.82, 2.24) is 0 Å². The smallest absolute Gasteiger partial charge is 0.465 e. The first kappa shape index (κ1) is 26.7. The van der Waals surface area contributed by atoms with Crippen molar-refractivity contribution in [3.05, 3.63) is 29.8 Å². The summed E-state index contributed by atoms with van der Waals surface area (Å²) in [5, 5.41) is 0. The normalized spacial score (nSPS) is 13.1. The third kappa shape index (κ3) is 5.88. The SMILES string of the molecule is COC(=O)/C=C/c1ccc(OC(=O)C(F)(F)C(F)(F)F)c(OC(=O)C(F)(F)C(F)(F)F)c1. The van der Waals surface area contributed by atoms with E-state index in [1.54, 1.807) is 0 Å². The van der Waals surface area contributed by atoms with E-state index in [9.17, 15) is 58.3 Å². The van der Waals surface area contributed by atoms with Crippen molar-refractivity contribution in [3.63, 3.8) is 0 Å². The van der Waals surface area contributed by atoms with Crippen molar-refractivity contribution in [1.29, 1.82) is 0 Å². The molecule has 0 amide bonds. The molecule has 0 unspecified atom stereocenters. The fraction of sp³-hybridized carbons (Fsp3) is 0.312. The van der Waals surface area contributed by atoms with Crippen LogP contribution < -0.4 is 9.47 Å². The molecule has 6 nitrogen and oxygen atoms in total. The minimum Gasteiger partial charge on any atom is -0.466 e. The second kappa shape index (κ2) is 9.04. The fourth-order valence-electron chi connectivity index (χ4n) is 1.58. The molecule has 0 aromatic heterocycles. The van der Waals surface area contributed by atoms with Crippen LogP contribution in [-0.2, 0) is 19.1 Å². The number of alkyl halides is 10. The van der Waals surface area contributed by atoms with E-state index in [1.165, 1.54) is 0 Å². The van der Waals surface area contributed by atoms with Crippen LogP contribution in [0, 0.1) is 0 Å². The molecule has 178 valence electrons. The number of methoxy groups -OCH3 is 1. The Balaban J connectivity index is 3.41. The minimum absolute atomic E-state index is 0.329. The topological polar surface area (TPSA) is 78.9 Å². The van der Waals surface area contributed by atoms with Crippen molar-refractivity contribution in [2.24, 2.45) is 0 Å². The first-order valence-corrected chi connectivity index (χ1v) is 7.58. The van der Waals surface area contributed by atoms with E-state index < -0.39 is 53.6 Å². The van der Waals surface area contributed by atoms with Gasteiger partial charge in [-0.15, -0.1) is 0 Å². The van der Waals surface area contributed by atoms with Gasteiger partial charge in [0, 0.05) is 6.08 Å². The van der Waals surface area contributed by atoms with E-state index in [4.69, 9.17) is 0 Å². The molecule has 0 heterocycles. The van der Waals surface area contributed by atoms with Crippen LogP contribution in [0.15, 0.2) is 24.3 Å². The van der Waals surface area contributed by atoms with E-state index in [1.807, 2.05) is 0 Å². The summed E-state index contributed by atoms with van der Waals surface area (Å²) in [6.45, 7) is 0. The zero-order valence-corrected chi connectivity index (χ0v) is 15.1. The quantitative estimate of drug-likeness (QED) is 0.261. The Kier molecular flexibility index (Phi) is 7.54. The van der Waals surface area contributed by atoms with E-state index in [-0.39, 0.29) is 5.56 Å². The highest BCUT2D eigenvalue weighted by molar-refractivity contribution is 5.87. The van der Waals surface area contributed by atoms with Crippen molar-refractivity contribution < 1.29 is 72.5 Å². The largest absolute Gasteiger partial charge is 0.466 e. The summed E-state index contributed by atoms with van der Waals surface area (Å²) in [7, 11) is 0.933. The average Bonchev–Trinajstić information content (AvgIpc) is 2.65. The van der Waals surface area contributed by atoms with E-state index in [0.717, 1.165) is 19.3 Å². The van der Waals surface area contributed by atoms with Gasteiger partial charge in [0.05, 0.1) is 7.11 Å². The van der Waals surface area contributed by atoms with Gasteiger partial charge in [-0.3, -0.25) is 0 Å². The molecule has 0 aliphatic carbocycles. The number of halogens is 10. The summed E-state index contributed by atoms with van der Waals surface area (Å²) in [6.07, 6.45) is -11.5. The van der Waals surface area contributed by atoms with E-state index >= 15 is 0 Å². The first-order valence-electron chi connectivity index (χ1n) is 7.58. The van der Waals surface area contributed by atoms with Crippen LogP contribution in [0.3, 0.4) is 0 Å². The van der Waals surface area contributed by atoms with Gasteiger partial charge in [0.15, 0.2) is 11.5 Å². The maximum absolute atomic E-state index is 13.1. The molecule has 0 N–H and O–H groups in total. The molecule has 16 heteroatoms. The number of hydrogen-bond donors (Lipinski definition) is 0. The summed E-state index contributed by atoms with van der Waals surface area (Å²) >= 11 is 0. The van der Waals surface area contributed by atoms with Crippen LogP contribution in [0.4, 0.5) is 43.9 Å². The number of esters is 3. The first-order chi connectivity index (χ1) is 14.3. The Bertz CT molecular complexity index is 917. The van der Waals surface area contributed by atoms with Gasteiger partial charge < -0.3 is 14.2 Å². The molecule has 0 aliphatic heterocycles. The van der Waals surface area contributed by atoms with E-state index in [0.29, 0.717) is 18.2 Å². The molecule has 0 saturated heterocycles. The molecular formula is C16H8F10O6. The third-order valence-corrected chi connectivity index (χ3v) is 3.21. The van der Waals surface area contributed by atoms with Crippen molar-refractivity contribution in [3.8, 4) is 11.5 Å². The molecule has 1 aromatic rings. The standard InChI is InChI=1S/C16H8F10O6/c1-30-10(27)5-3-7-2-4-8(31-11(28)13(17,18)15(21,22)23)9(6-7)32-12(29)14(19,20)16(24,25)26/h2-6H,1H3/b5-3+. The lowest BCUT2D eigenvalue weighted by molar-refractivity contribution is -0.277. The predicted octanol–water partition coefficient (Wildman–Crippen LogP) is 4.08. The Morgan fingerprint density at radius 2 is 1.19 bits per heavy atom. The van der Waals surface area contributed by atoms with Gasteiger partial charge in [-0.2, -0.15) is 43.9 Å². The summed E-state index contributed by atoms with van der Waals surface area (Å²) in [5.74, 6) is -23.0. The van der Waals surface area contributed by atoms with Crippen molar-refractivity contribution in [2.75, 3.05) is 7.11 Å². The summed E-state index contributed by atoms with van der Waals surface area (Å²) in [5.41, 5.74) is -0.351. The molecule has 0 bridgehead atoms. The molecule has 0 atom stereocenters. The Morgan fingerprint density at radius 1 is 0.750 bits per heavy atom. The molecule has 0 fully saturated rings. The molecule has 32 heavy (non-hydrogen) atoms. The molecule has 0 radical (unpaired) electrons. The van der Waals surface area contributed by atoms with E-state index in [2.05, 4.69) is 14.2 Å². The van der Waals surface area contributed by atoms with Crippen LogP contribution in [-0.4, -0.2) is 49.2 Å². The molecule has 1 aromatic carbocycles. The van der Waals surface area contributed by atoms with Crippen LogP contribution in [0.2, 0.25) is 0 Å². The highest BCUT2D eigenvalue weighted by Gasteiger charge is 2.66. The maximum atomic E-state index is 13.1. The maximum Gasteiger partial charge on any atom is 0.465 e. The molecule has 1 rings (SSSR count). The van der Waals surface area contributed by atoms with Gasteiger partial charge in [0.2, 0.25) is 0 Å². The van der Waals surface area contributed by atoms with Crippen molar-refractivity contribution in [2.45, 2.75) is 24.2 Å². The van der Waals surface area contributed by atoms with Gasteiger partial charge in [-0.25, -0.2) is 14.4 Å². The zero-order valence-electron chi connectivity index (χ0n) is 15.1. The second-order valence-corrected chi connectivity index (χ2v) is 5.49.